The molecule has 2 heterocycles. The average Bonchev–Trinajstić information content (AvgIpc) is 2.72. The van der Waals surface area contributed by atoms with Crippen molar-refractivity contribution in [3.63, 3.8) is 0 Å². The minimum Gasteiger partial charge on any atom is -0.505 e. The SMILES string of the molecule is Cc1ccc2c(c1O)NC(=O)[C@@H]1CC(=O)CN1C2=O. The Labute approximate surface area is 109 Å². The smallest absolute Gasteiger partial charge is 0.257 e. The molecule has 19 heavy (non-hydrogen) atoms. The summed E-state index contributed by atoms with van der Waals surface area (Å²) in [5.41, 5.74) is 0.926. The standard InChI is InChI=1S/C13H12N2O4/c1-6-2-3-8-10(11(6)17)14-12(18)9-4-7(16)5-15(9)13(8)19/h2-3,9,17H,4-5H2,1H3,(H,14,18)/t9-/m0/s1. The minimum absolute atomic E-state index is 0.0330. The van der Waals surface area contributed by atoms with Gasteiger partial charge >= 0.3 is 0 Å². The zero-order valence-corrected chi connectivity index (χ0v) is 10.3. The lowest BCUT2D eigenvalue weighted by Crippen LogP contribution is -2.40. The largest absolute Gasteiger partial charge is 0.505 e. The fourth-order valence-electron chi connectivity index (χ4n) is 2.50. The highest BCUT2D eigenvalue weighted by Crippen LogP contribution is 2.35. The van der Waals surface area contributed by atoms with E-state index in [9.17, 15) is 19.5 Å². The summed E-state index contributed by atoms with van der Waals surface area (Å²) in [4.78, 5) is 37.1. The third-order valence-electron chi connectivity index (χ3n) is 3.57. The molecule has 1 atom stereocenters. The number of nitrogens with zero attached hydrogens (tertiary/aromatic N) is 1. The second-order valence-electron chi connectivity index (χ2n) is 4.83. The monoisotopic (exact) mass is 260 g/mol. The second kappa shape index (κ2) is 3.81. The quantitative estimate of drug-likeness (QED) is 0.662. The summed E-state index contributed by atoms with van der Waals surface area (Å²) in [5.74, 6) is -1.07. The van der Waals surface area contributed by atoms with Crippen LogP contribution < -0.4 is 5.32 Å². The fourth-order valence-corrected chi connectivity index (χ4v) is 2.50. The first-order valence-corrected chi connectivity index (χ1v) is 5.95. The number of benzene rings is 1. The molecule has 6 nitrogen and oxygen atoms in total. The summed E-state index contributed by atoms with van der Waals surface area (Å²) in [6, 6.07) is 2.39. The molecule has 2 amide bonds. The van der Waals surface area contributed by atoms with Crippen molar-refractivity contribution < 1.29 is 19.5 Å². The number of hydrogen-bond donors (Lipinski definition) is 2. The maximum absolute atomic E-state index is 12.3. The van der Waals surface area contributed by atoms with Crippen LogP contribution in [0.3, 0.4) is 0 Å². The number of carbonyl (C=O) groups is 3. The number of hydrogen-bond acceptors (Lipinski definition) is 4. The first-order valence-electron chi connectivity index (χ1n) is 5.95. The van der Waals surface area contributed by atoms with Crippen LogP contribution in [0.2, 0.25) is 0 Å². The van der Waals surface area contributed by atoms with E-state index in [1.54, 1.807) is 19.1 Å². The van der Waals surface area contributed by atoms with Crippen molar-refractivity contribution in [3.05, 3.63) is 23.3 Å². The molecule has 98 valence electrons. The van der Waals surface area contributed by atoms with Crippen LogP contribution in [0.25, 0.3) is 0 Å². The van der Waals surface area contributed by atoms with Crippen LogP contribution in [0.4, 0.5) is 5.69 Å². The summed E-state index contributed by atoms with van der Waals surface area (Å²) in [6.45, 7) is 1.63. The Morgan fingerprint density at radius 2 is 2.05 bits per heavy atom. The molecule has 1 saturated heterocycles. The number of fused-ring (bicyclic) bond motifs is 2. The number of rotatable bonds is 0. The number of aromatic hydroxyl groups is 1. The van der Waals surface area contributed by atoms with Gasteiger partial charge in [-0.3, -0.25) is 14.4 Å². The van der Waals surface area contributed by atoms with Crippen LogP contribution in [0.1, 0.15) is 22.3 Å². The average molecular weight is 260 g/mol. The first-order chi connectivity index (χ1) is 8.99. The van der Waals surface area contributed by atoms with Crippen LogP contribution in [-0.4, -0.2) is 40.2 Å². The molecule has 1 aromatic carbocycles. The van der Waals surface area contributed by atoms with Crippen LogP contribution in [0, 0.1) is 6.92 Å². The lowest BCUT2D eigenvalue weighted by molar-refractivity contribution is -0.121. The number of Topliss-reactive ketones (excluding diaryl/α,β-unsaturated/α-hetero) is 1. The number of amides is 2. The summed E-state index contributed by atoms with van der Waals surface area (Å²) in [5, 5.41) is 12.5. The Bertz CT molecular complexity index is 623. The van der Waals surface area contributed by atoms with Gasteiger partial charge in [-0.05, 0) is 18.6 Å². The predicted octanol–water partition coefficient (Wildman–Crippen LogP) is 0.436. The topological polar surface area (TPSA) is 86.7 Å². The molecule has 0 spiro atoms. The van der Waals surface area contributed by atoms with Crippen LogP contribution in [0.5, 0.6) is 5.75 Å². The highest BCUT2D eigenvalue weighted by atomic mass is 16.3. The van der Waals surface area contributed by atoms with Gasteiger partial charge in [0.1, 0.15) is 11.8 Å². The zero-order chi connectivity index (χ0) is 13.7. The Morgan fingerprint density at radius 1 is 1.32 bits per heavy atom. The van der Waals surface area contributed by atoms with Gasteiger partial charge in [0.25, 0.3) is 5.91 Å². The van der Waals surface area contributed by atoms with Crippen molar-refractivity contribution >= 4 is 23.3 Å². The molecule has 1 aromatic rings. The minimum atomic E-state index is -0.771. The van der Waals surface area contributed by atoms with Crippen LogP contribution in [-0.2, 0) is 9.59 Å². The van der Waals surface area contributed by atoms with E-state index in [0.717, 1.165) is 0 Å². The van der Waals surface area contributed by atoms with Gasteiger partial charge in [0, 0.05) is 6.42 Å². The summed E-state index contributed by atoms with van der Waals surface area (Å²) in [7, 11) is 0. The molecule has 0 saturated carbocycles. The van der Waals surface area contributed by atoms with Gasteiger partial charge in [0.2, 0.25) is 5.91 Å². The van der Waals surface area contributed by atoms with Crippen LogP contribution in [0.15, 0.2) is 12.1 Å². The van der Waals surface area contributed by atoms with Crippen molar-refractivity contribution in [1.82, 2.24) is 4.90 Å². The lowest BCUT2D eigenvalue weighted by atomic mass is 10.1. The van der Waals surface area contributed by atoms with E-state index in [4.69, 9.17) is 0 Å². The van der Waals surface area contributed by atoms with Crippen molar-refractivity contribution in [2.75, 3.05) is 11.9 Å². The van der Waals surface area contributed by atoms with Crippen molar-refractivity contribution in [2.24, 2.45) is 0 Å². The molecular weight excluding hydrogens is 248 g/mol. The van der Waals surface area contributed by atoms with Gasteiger partial charge in [-0.1, -0.05) is 6.07 Å². The molecule has 1 fully saturated rings. The molecule has 0 radical (unpaired) electrons. The van der Waals surface area contributed by atoms with Gasteiger partial charge < -0.3 is 15.3 Å². The van der Waals surface area contributed by atoms with Gasteiger partial charge in [-0.15, -0.1) is 0 Å². The Hall–Kier alpha value is -2.37. The van der Waals surface area contributed by atoms with E-state index in [2.05, 4.69) is 5.32 Å². The molecule has 2 aliphatic heterocycles. The second-order valence-corrected chi connectivity index (χ2v) is 4.83. The highest BCUT2D eigenvalue weighted by Gasteiger charge is 2.42. The molecule has 0 unspecified atom stereocenters. The number of carbonyl (C=O) groups excluding carboxylic acids is 3. The van der Waals surface area contributed by atoms with E-state index in [-0.39, 0.29) is 35.7 Å². The molecule has 0 bridgehead atoms. The van der Waals surface area contributed by atoms with Crippen molar-refractivity contribution in [1.29, 1.82) is 0 Å². The predicted molar refractivity (Wildman–Crippen MR) is 65.9 cm³/mol. The fraction of sp³-hybridized carbons (Fsp3) is 0.308. The van der Waals surface area contributed by atoms with Gasteiger partial charge in [-0.25, -0.2) is 0 Å². The van der Waals surface area contributed by atoms with Gasteiger partial charge in [0.15, 0.2) is 5.78 Å². The van der Waals surface area contributed by atoms with Gasteiger partial charge in [0.05, 0.1) is 17.8 Å². The van der Waals surface area contributed by atoms with Crippen molar-refractivity contribution in [2.45, 2.75) is 19.4 Å². The lowest BCUT2D eigenvalue weighted by Gasteiger charge is -2.18. The van der Waals surface area contributed by atoms with E-state index >= 15 is 0 Å². The van der Waals surface area contributed by atoms with Crippen LogP contribution >= 0.6 is 0 Å². The molecule has 0 aromatic heterocycles. The summed E-state index contributed by atoms with van der Waals surface area (Å²) < 4.78 is 0. The summed E-state index contributed by atoms with van der Waals surface area (Å²) >= 11 is 0. The highest BCUT2D eigenvalue weighted by molar-refractivity contribution is 6.14. The maximum atomic E-state index is 12.3. The maximum Gasteiger partial charge on any atom is 0.257 e. The normalized spacial score (nSPS) is 21.8. The molecule has 6 heteroatoms. The number of phenolic OH excluding ortho intramolecular Hbond substituents is 1. The zero-order valence-electron chi connectivity index (χ0n) is 10.3. The van der Waals surface area contributed by atoms with E-state index in [0.29, 0.717) is 5.56 Å². The Morgan fingerprint density at radius 3 is 2.79 bits per heavy atom. The van der Waals surface area contributed by atoms with E-state index in [1.165, 1.54) is 4.90 Å². The van der Waals surface area contributed by atoms with E-state index in [1.807, 2.05) is 0 Å². The number of phenols is 1. The Balaban J connectivity index is 2.16. The number of aryl methyl sites for hydroxylation is 1. The Kier molecular flexibility index (Phi) is 2.35. The molecule has 0 aliphatic carbocycles. The third-order valence-corrected chi connectivity index (χ3v) is 3.57. The van der Waals surface area contributed by atoms with Gasteiger partial charge in [-0.2, -0.15) is 0 Å². The molecule has 2 N–H and O–H groups in total. The molecule has 3 rings (SSSR count). The first kappa shape index (κ1) is 11.7. The number of nitrogens with one attached hydrogen (secondary N) is 1. The third kappa shape index (κ3) is 1.60. The number of ketones is 1. The van der Waals surface area contributed by atoms with E-state index < -0.39 is 17.9 Å². The molecular formula is C13H12N2O4. The summed E-state index contributed by atoms with van der Waals surface area (Å²) in [6.07, 6.45) is 0.0330. The number of anilines is 1. The van der Waals surface area contributed by atoms with Crippen molar-refractivity contribution in [3.8, 4) is 5.75 Å². The molecule has 2 aliphatic rings.